The lowest BCUT2D eigenvalue weighted by Gasteiger charge is -2.31. The summed E-state index contributed by atoms with van der Waals surface area (Å²) in [5, 5.41) is 6.59. The molecule has 0 aromatic carbocycles. The number of amides is 1. The van der Waals surface area contributed by atoms with Crippen LogP contribution in [0.4, 0.5) is 0 Å². The molecular weight excluding hydrogens is 256 g/mol. The molecule has 1 aromatic heterocycles. The van der Waals surface area contributed by atoms with E-state index >= 15 is 0 Å². The van der Waals surface area contributed by atoms with Gasteiger partial charge in [0.15, 0.2) is 0 Å². The van der Waals surface area contributed by atoms with E-state index in [-0.39, 0.29) is 4.90 Å². The zero-order valence-corrected chi connectivity index (χ0v) is 11.2. The molecule has 7 nitrogen and oxygen atoms in total. The molecule has 1 fully saturated rings. The summed E-state index contributed by atoms with van der Waals surface area (Å²) in [7, 11) is -3.51. The maximum absolute atomic E-state index is 12.4. The molecule has 18 heavy (non-hydrogen) atoms. The van der Waals surface area contributed by atoms with E-state index in [1.165, 1.54) is 4.31 Å². The number of nitrogens with one attached hydrogen (secondary N) is 1. The van der Waals surface area contributed by atoms with Gasteiger partial charge < -0.3 is 4.90 Å². The molecule has 1 aliphatic rings. The smallest absolute Gasteiger partial charge is 0.246 e. The van der Waals surface area contributed by atoms with Crippen LogP contribution < -0.4 is 0 Å². The Morgan fingerprint density at radius 2 is 1.83 bits per heavy atom. The topological polar surface area (TPSA) is 86.4 Å². The van der Waals surface area contributed by atoms with Crippen molar-refractivity contribution in [3.05, 3.63) is 11.4 Å². The Morgan fingerprint density at radius 1 is 1.22 bits per heavy atom. The van der Waals surface area contributed by atoms with E-state index in [1.807, 2.05) is 0 Å². The van der Waals surface area contributed by atoms with E-state index in [2.05, 4.69) is 10.2 Å². The van der Waals surface area contributed by atoms with Gasteiger partial charge in [0, 0.05) is 26.2 Å². The lowest BCUT2D eigenvalue weighted by Crippen LogP contribution is -2.48. The third-order valence-electron chi connectivity index (χ3n) is 3.08. The van der Waals surface area contributed by atoms with Crippen molar-refractivity contribution in [2.24, 2.45) is 0 Å². The normalized spacial score (nSPS) is 18.0. The van der Waals surface area contributed by atoms with Crippen molar-refractivity contribution in [3.63, 3.8) is 0 Å². The fraction of sp³-hybridized carbons (Fsp3) is 0.600. The Kier molecular flexibility index (Phi) is 3.40. The zero-order valence-electron chi connectivity index (χ0n) is 10.4. The highest BCUT2D eigenvalue weighted by Gasteiger charge is 2.31. The van der Waals surface area contributed by atoms with Gasteiger partial charge in [0.2, 0.25) is 16.4 Å². The van der Waals surface area contributed by atoms with Crippen molar-refractivity contribution >= 4 is 16.4 Å². The van der Waals surface area contributed by atoms with Crippen LogP contribution in [0.15, 0.2) is 4.90 Å². The molecule has 1 aromatic rings. The maximum atomic E-state index is 12.4. The molecule has 1 amide bonds. The largest absolute Gasteiger partial charge is 0.343 e. The molecule has 2 rings (SSSR count). The predicted molar refractivity (Wildman–Crippen MR) is 64.5 cm³/mol. The number of sulfonamides is 1. The molecule has 8 heteroatoms. The predicted octanol–water partition coefficient (Wildman–Crippen LogP) is -0.511. The minimum absolute atomic E-state index is 0.252. The minimum Gasteiger partial charge on any atom is -0.343 e. The Bertz CT molecular complexity index is 524. The van der Waals surface area contributed by atoms with Crippen molar-refractivity contribution in [2.45, 2.75) is 18.7 Å². The summed E-state index contributed by atoms with van der Waals surface area (Å²) in [5.41, 5.74) is 1.02. The van der Waals surface area contributed by atoms with Crippen LogP contribution in [0.3, 0.4) is 0 Å². The van der Waals surface area contributed by atoms with Gasteiger partial charge in [-0.1, -0.05) is 0 Å². The number of rotatable bonds is 3. The van der Waals surface area contributed by atoms with Gasteiger partial charge in [-0.15, -0.1) is 0 Å². The molecule has 1 N–H and O–H groups in total. The number of carbonyl (C=O) groups is 1. The highest BCUT2D eigenvalue weighted by Crippen LogP contribution is 2.22. The first-order valence-corrected chi connectivity index (χ1v) is 7.12. The average Bonchev–Trinajstić information content (AvgIpc) is 2.69. The minimum atomic E-state index is -3.51. The van der Waals surface area contributed by atoms with E-state index in [4.69, 9.17) is 0 Å². The van der Waals surface area contributed by atoms with Crippen LogP contribution in [0.25, 0.3) is 0 Å². The highest BCUT2D eigenvalue weighted by molar-refractivity contribution is 7.89. The molecule has 0 unspecified atom stereocenters. The number of nitrogens with zero attached hydrogens (tertiary/aromatic N) is 3. The second kappa shape index (κ2) is 4.69. The molecule has 0 saturated carbocycles. The van der Waals surface area contributed by atoms with Gasteiger partial charge in [-0.25, -0.2) is 8.42 Å². The molecule has 0 aliphatic carbocycles. The summed E-state index contributed by atoms with van der Waals surface area (Å²) < 4.78 is 26.3. The number of aromatic amines is 1. The van der Waals surface area contributed by atoms with Gasteiger partial charge in [0.05, 0.1) is 11.4 Å². The lowest BCUT2D eigenvalue weighted by atomic mass is 10.4. The van der Waals surface area contributed by atoms with Gasteiger partial charge in [-0.3, -0.25) is 9.89 Å². The first-order valence-electron chi connectivity index (χ1n) is 5.68. The summed E-state index contributed by atoms with van der Waals surface area (Å²) in [5.74, 6) is 0. The third-order valence-corrected chi connectivity index (χ3v) is 5.24. The first-order chi connectivity index (χ1) is 8.46. The van der Waals surface area contributed by atoms with Gasteiger partial charge in [0.1, 0.15) is 4.90 Å². The van der Waals surface area contributed by atoms with Crippen LogP contribution in [-0.4, -0.2) is 60.4 Å². The van der Waals surface area contributed by atoms with E-state index < -0.39 is 10.0 Å². The van der Waals surface area contributed by atoms with E-state index in [0.29, 0.717) is 37.6 Å². The second-order valence-electron chi connectivity index (χ2n) is 4.31. The number of piperazine rings is 1. The summed E-state index contributed by atoms with van der Waals surface area (Å²) in [4.78, 5) is 12.4. The van der Waals surface area contributed by atoms with Crippen molar-refractivity contribution < 1.29 is 13.2 Å². The number of hydrogen-bond donors (Lipinski definition) is 1. The molecule has 1 saturated heterocycles. The van der Waals surface area contributed by atoms with Crippen LogP contribution in [0.2, 0.25) is 0 Å². The number of carbonyl (C=O) groups excluding carboxylic acids is 1. The summed E-state index contributed by atoms with van der Waals surface area (Å²) in [6, 6.07) is 0. The van der Waals surface area contributed by atoms with Gasteiger partial charge in [-0.05, 0) is 13.8 Å². The van der Waals surface area contributed by atoms with E-state index in [9.17, 15) is 13.2 Å². The number of aromatic nitrogens is 2. The van der Waals surface area contributed by atoms with Crippen LogP contribution in [0.5, 0.6) is 0 Å². The van der Waals surface area contributed by atoms with Crippen LogP contribution >= 0.6 is 0 Å². The number of H-pyrrole nitrogens is 1. The molecule has 0 atom stereocenters. The fourth-order valence-electron chi connectivity index (χ4n) is 2.10. The van der Waals surface area contributed by atoms with Gasteiger partial charge >= 0.3 is 0 Å². The summed E-state index contributed by atoms with van der Waals surface area (Å²) >= 11 is 0. The van der Waals surface area contributed by atoms with Crippen LogP contribution in [-0.2, 0) is 14.8 Å². The first kappa shape index (κ1) is 13.0. The third kappa shape index (κ3) is 2.13. The standard InChI is InChI=1S/C10H16N4O3S/c1-8-10(9(2)12-11-8)18(16,17)14-5-3-13(7-15)4-6-14/h7H,3-6H2,1-2H3,(H,11,12). The Balaban J connectivity index is 2.25. The molecular formula is C10H16N4O3S. The zero-order chi connectivity index (χ0) is 13.3. The Morgan fingerprint density at radius 3 is 2.28 bits per heavy atom. The number of aryl methyl sites for hydroxylation is 2. The quantitative estimate of drug-likeness (QED) is 0.751. The molecule has 1 aliphatic heterocycles. The van der Waals surface area contributed by atoms with E-state index in [1.54, 1.807) is 18.7 Å². The van der Waals surface area contributed by atoms with Crippen molar-refractivity contribution in [1.82, 2.24) is 19.4 Å². The van der Waals surface area contributed by atoms with Crippen LogP contribution in [0, 0.1) is 13.8 Å². The van der Waals surface area contributed by atoms with E-state index in [0.717, 1.165) is 6.41 Å². The van der Waals surface area contributed by atoms with Gasteiger partial charge in [0.25, 0.3) is 0 Å². The molecule has 0 bridgehead atoms. The van der Waals surface area contributed by atoms with Crippen molar-refractivity contribution in [1.29, 1.82) is 0 Å². The van der Waals surface area contributed by atoms with Crippen molar-refractivity contribution in [3.8, 4) is 0 Å². The second-order valence-corrected chi connectivity index (χ2v) is 6.18. The SMILES string of the molecule is Cc1n[nH]c(C)c1S(=O)(=O)N1CCN(C=O)CC1. The monoisotopic (exact) mass is 272 g/mol. The van der Waals surface area contributed by atoms with Crippen molar-refractivity contribution in [2.75, 3.05) is 26.2 Å². The molecule has 100 valence electrons. The highest BCUT2D eigenvalue weighted by atomic mass is 32.2. The maximum Gasteiger partial charge on any atom is 0.246 e. The number of hydrogen-bond acceptors (Lipinski definition) is 4. The Labute approximate surface area is 106 Å². The molecule has 2 heterocycles. The summed E-state index contributed by atoms with van der Waals surface area (Å²) in [6.45, 7) is 4.86. The van der Waals surface area contributed by atoms with Crippen LogP contribution in [0.1, 0.15) is 11.4 Å². The fourth-order valence-corrected chi connectivity index (χ4v) is 3.85. The molecule has 0 spiro atoms. The molecule has 0 radical (unpaired) electrons. The average molecular weight is 272 g/mol. The Hall–Kier alpha value is -1.41. The summed E-state index contributed by atoms with van der Waals surface area (Å²) in [6.07, 6.45) is 0.748. The van der Waals surface area contributed by atoms with Gasteiger partial charge in [-0.2, -0.15) is 9.40 Å². The lowest BCUT2D eigenvalue weighted by molar-refractivity contribution is -0.119.